The number of fused-ring (bicyclic) bond motifs is 4. The molecule has 0 radical (unpaired) electrons. The van der Waals surface area contributed by atoms with Crippen molar-refractivity contribution in [3.05, 3.63) is 314 Å². The number of rotatable bonds is 19. The summed E-state index contributed by atoms with van der Waals surface area (Å²) in [6, 6.07) is 28.1. The molecule has 10 aromatic rings. The second-order valence-corrected chi connectivity index (χ2v) is 34.5. The molecule has 0 spiro atoms. The van der Waals surface area contributed by atoms with Gasteiger partial charge in [-0.25, -0.2) is 46.7 Å². The van der Waals surface area contributed by atoms with Crippen molar-refractivity contribution in [3.8, 4) is 0 Å². The van der Waals surface area contributed by atoms with Crippen molar-refractivity contribution in [2.75, 3.05) is 23.7 Å². The largest absolute Gasteiger partial charge is 0.477 e. The summed E-state index contributed by atoms with van der Waals surface area (Å²) in [6.45, 7) is 16.6. The van der Waals surface area contributed by atoms with Crippen molar-refractivity contribution in [3.63, 3.8) is 0 Å². The van der Waals surface area contributed by atoms with Crippen LogP contribution in [0.3, 0.4) is 0 Å². The Balaban J connectivity index is 0.000000210. The Morgan fingerprint density at radius 3 is 1.37 bits per heavy atom. The zero-order chi connectivity index (χ0) is 93.3. The first-order valence-electron chi connectivity index (χ1n) is 38.6. The Morgan fingerprint density at radius 1 is 0.520 bits per heavy atom. The van der Waals surface area contributed by atoms with Gasteiger partial charge >= 0.3 is 24.2 Å². The maximum absolute atomic E-state index is 13.5. The van der Waals surface area contributed by atoms with Gasteiger partial charge in [-0.3, -0.25) is 48.7 Å². The van der Waals surface area contributed by atoms with Crippen LogP contribution in [0.4, 0.5) is 31.9 Å². The molecule has 8 heterocycles. The van der Waals surface area contributed by atoms with Crippen molar-refractivity contribution in [1.29, 1.82) is 0 Å². The number of carbonyl (C=O) groups is 8. The van der Waals surface area contributed by atoms with Gasteiger partial charge in [0.25, 0.3) is 17.0 Å². The first-order chi connectivity index (χ1) is 60.1. The molecule has 5 amide bonds. The van der Waals surface area contributed by atoms with Crippen molar-refractivity contribution in [1.82, 2.24) is 60.3 Å². The number of thiazole rings is 2. The SMILES string of the molecule is C1=Cc2cccnc2C1.CC(C)(C)OC(=O)NCC(N)=O.CC(C)(C)OC(=O)NCC(N)=S.CC(C)(C)OC(=O)NCc1nc(C2=CCc3ncccc32)cs1.O=C(Br)CBr.O=C(CBr)C1=CCc2ncccc21.O=C(NCc1nc(C2=CCc3ncccc32)cs1)c1cccn(Cc2ccc(F)c(F)c2)c1=O.O=C(O)c1cccn(Cc2ccc(F)c(F)c2)c1=O. The molecular formula is C89H91Br3F4N14O14S3. The highest BCUT2D eigenvalue weighted by Crippen LogP contribution is 2.34. The summed E-state index contributed by atoms with van der Waals surface area (Å²) in [5, 5.41) is 25.2. The number of aromatic carboxylic acids is 1. The average molecular weight is 1990 g/mol. The van der Waals surface area contributed by atoms with E-state index >= 15 is 0 Å². The lowest BCUT2D eigenvalue weighted by Gasteiger charge is -2.19. The lowest BCUT2D eigenvalue weighted by atomic mass is 10.1. The number of primary amides is 1. The molecule has 28 nitrogen and oxygen atoms in total. The van der Waals surface area contributed by atoms with E-state index in [1.165, 1.54) is 81.2 Å². The molecule has 0 bridgehead atoms. The zero-order valence-corrected chi connectivity index (χ0v) is 77.4. The zero-order valence-electron chi connectivity index (χ0n) is 70.2. The molecule has 38 heteroatoms. The van der Waals surface area contributed by atoms with Gasteiger partial charge in [0.2, 0.25) is 10.6 Å². The first kappa shape index (κ1) is 102. The minimum atomic E-state index is -1.33. The molecular weight excluding hydrogens is 1900 g/mol. The maximum atomic E-state index is 13.5. The average Bonchev–Trinajstić information content (AvgIpc) is 1.69. The fourth-order valence-corrected chi connectivity index (χ4v) is 13.2. The Morgan fingerprint density at radius 2 is 0.937 bits per heavy atom. The van der Waals surface area contributed by atoms with E-state index in [4.69, 9.17) is 30.8 Å². The van der Waals surface area contributed by atoms with Crippen LogP contribution in [0, 0.1) is 23.3 Å². The van der Waals surface area contributed by atoms with Crippen molar-refractivity contribution >= 4 is 157 Å². The highest BCUT2D eigenvalue weighted by atomic mass is 79.9. The number of thiocarbonyl (C=S) groups is 1. The number of alkyl halides is 2. The van der Waals surface area contributed by atoms with E-state index < -0.39 is 87.3 Å². The first-order valence-corrected chi connectivity index (χ1v) is 43.8. The van der Waals surface area contributed by atoms with E-state index in [2.05, 4.69) is 148 Å². The molecule has 4 aliphatic rings. The lowest BCUT2D eigenvalue weighted by Crippen LogP contribution is -2.37. The quantitative estimate of drug-likeness (QED) is 0.0130. The smallest absolute Gasteiger partial charge is 0.408 e. The lowest BCUT2D eigenvalue weighted by molar-refractivity contribution is -0.117. The van der Waals surface area contributed by atoms with Crippen molar-refractivity contribution in [2.45, 2.75) is 131 Å². The number of ketones is 1. The van der Waals surface area contributed by atoms with Gasteiger partial charge in [-0.1, -0.05) is 111 Å². The molecule has 4 aliphatic carbocycles. The highest BCUT2D eigenvalue weighted by Gasteiger charge is 2.25. The molecule has 0 saturated carbocycles. The van der Waals surface area contributed by atoms with Gasteiger partial charge in [-0.05, 0) is 168 Å². The number of benzene rings is 2. The number of hydrogen-bond donors (Lipinski definition) is 7. The molecule has 0 unspecified atom stereocenters. The summed E-state index contributed by atoms with van der Waals surface area (Å²) in [5.41, 5.74) is 21.1. The normalized spacial score (nSPS) is 12.0. The van der Waals surface area contributed by atoms with Gasteiger partial charge in [0.15, 0.2) is 29.1 Å². The number of carboxylic acid groups (broad SMARTS) is 1. The summed E-state index contributed by atoms with van der Waals surface area (Å²) < 4.78 is 69.8. The van der Waals surface area contributed by atoms with Gasteiger partial charge in [-0.15, -0.1) is 22.7 Å². The number of alkyl carbamates (subject to hydrolysis) is 3. The number of nitrogens with one attached hydrogen (secondary N) is 4. The van der Waals surface area contributed by atoms with Crippen LogP contribution in [0.1, 0.15) is 161 Å². The second kappa shape index (κ2) is 49.0. The molecule has 2 aromatic carbocycles. The van der Waals surface area contributed by atoms with Gasteiger partial charge < -0.3 is 61.2 Å². The summed E-state index contributed by atoms with van der Waals surface area (Å²) >= 11 is 16.3. The number of carboxylic acids is 1. The number of aromatic nitrogens is 8. The number of carbonyl (C=O) groups excluding carboxylic acids is 7. The Bertz CT molecular complexity index is 5840. The number of pyridine rings is 6. The topological polar surface area (TPSA) is 406 Å². The molecule has 0 atom stereocenters. The maximum Gasteiger partial charge on any atom is 0.408 e. The molecule has 0 saturated heterocycles. The number of ether oxygens (including phenoxy) is 3. The summed E-state index contributed by atoms with van der Waals surface area (Å²) in [7, 11) is 0. The van der Waals surface area contributed by atoms with Gasteiger partial charge in [-0.2, -0.15) is 0 Å². The van der Waals surface area contributed by atoms with Crippen LogP contribution in [0.15, 0.2) is 191 Å². The number of allylic oxidation sites excluding steroid dienone is 5. The monoisotopic (exact) mass is 1990 g/mol. The fourth-order valence-electron chi connectivity index (χ4n) is 11.4. The molecule has 8 aromatic heterocycles. The standard InChI is InChI=1S/C25H18F2N4O2S.C17H19N3O2S.C13H9F2NO3.C10H8BrNO.C8H7N.C7H14N2O3.C7H14N2O2S.C2H2Br2O/c26-19-7-5-15(11-20(19)27)13-31-10-2-4-18(25(31)33)24(32)29-12-23-30-22(14-34-23)17-6-8-21-16(17)3-1-9-28-21;1-17(2,3)22-16(21)19-9-15-20-14(10-23-15)12-6-7-13-11(12)5-4-8-18-13;14-10-4-3-8(6-11(10)15)7-16-5-1-2-9(12(16)17)13(18)19;11-6-10(13)8-3-4-9-7(8)2-1-5-12-9;1-3-7-4-2-6-9-8(7)5-1;1-7(2,3)12-6(11)9-4-5(8)10;1-7(2,3)11-6(10)9-4-5(8)12;3-1-2(4)5/h1-7,9-11,14H,8,12-13H2,(H,29,32);4-6,8,10H,7,9H2,1-3H3,(H,19,21);1-6H,7H2,(H,18,19);1-3,5H,4,6H2;1-4,6H,5H2;4H2,1-3H3,(H2,8,10)(H,9,11);4H2,1-3H3,(H2,8,12)(H,9,10);1H2. The number of amides is 5. The molecule has 668 valence electrons. The number of Topliss-reactive ketones (excluding diaryl/α,β-unsaturated/α-hetero) is 1. The third-order valence-electron chi connectivity index (χ3n) is 16.7. The Kier molecular flexibility index (Phi) is 39.3. The van der Waals surface area contributed by atoms with Gasteiger partial charge in [0.1, 0.15) is 37.9 Å². The van der Waals surface area contributed by atoms with Crippen LogP contribution in [0.2, 0.25) is 0 Å². The van der Waals surface area contributed by atoms with E-state index in [0.29, 0.717) is 33.3 Å². The molecule has 14 rings (SSSR count). The molecule has 127 heavy (non-hydrogen) atoms. The van der Waals surface area contributed by atoms with E-state index in [0.717, 1.165) is 121 Å². The minimum Gasteiger partial charge on any atom is -0.477 e. The minimum absolute atomic E-state index is 0.0123. The third-order valence-corrected chi connectivity index (χ3v) is 20.6. The molecule has 0 aliphatic heterocycles. The Labute approximate surface area is 767 Å². The molecule has 9 N–H and O–H groups in total. The molecule has 0 fully saturated rings. The second-order valence-electron chi connectivity index (χ2n) is 30.1. The van der Waals surface area contributed by atoms with Crippen molar-refractivity contribution in [2.24, 2.45) is 11.5 Å². The van der Waals surface area contributed by atoms with E-state index in [1.54, 1.807) is 60.0 Å². The fraction of sp³-hybridized carbons (Fsp3) is 0.270. The van der Waals surface area contributed by atoms with Crippen LogP contribution in [-0.4, -0.2) is 136 Å². The van der Waals surface area contributed by atoms with E-state index in [1.807, 2.05) is 86.4 Å². The van der Waals surface area contributed by atoms with E-state index in [-0.39, 0.29) is 59.3 Å². The van der Waals surface area contributed by atoms with Crippen LogP contribution in [0.5, 0.6) is 0 Å². The van der Waals surface area contributed by atoms with Gasteiger partial charge in [0.05, 0.1) is 89.1 Å². The van der Waals surface area contributed by atoms with E-state index in [9.17, 15) is 65.5 Å². The van der Waals surface area contributed by atoms with Crippen LogP contribution < -0.4 is 43.9 Å². The van der Waals surface area contributed by atoms with Crippen LogP contribution in [0.25, 0.3) is 22.8 Å². The summed E-state index contributed by atoms with van der Waals surface area (Å²) in [6.07, 6.45) is 22.3. The van der Waals surface area contributed by atoms with Crippen LogP contribution in [-0.2, 0) is 80.5 Å². The number of nitrogens with zero attached hydrogens (tertiary/aromatic N) is 8. The predicted molar refractivity (Wildman–Crippen MR) is 492 cm³/mol. The summed E-state index contributed by atoms with van der Waals surface area (Å²) in [4.78, 5) is 139. The predicted octanol–water partition coefficient (Wildman–Crippen LogP) is 15.1. The van der Waals surface area contributed by atoms with Gasteiger partial charge in [0, 0.05) is 107 Å². The third kappa shape index (κ3) is 34.2. The number of hydrogen-bond acceptors (Lipinski definition) is 22. The van der Waals surface area contributed by atoms with Crippen LogP contribution >= 0.6 is 82.7 Å². The summed E-state index contributed by atoms with van der Waals surface area (Å²) in [5.74, 6) is -6.27. The van der Waals surface area contributed by atoms with Crippen molar-refractivity contribution < 1.29 is 75.2 Å². The highest BCUT2D eigenvalue weighted by molar-refractivity contribution is 9.19. The number of halogens is 7. The Hall–Kier alpha value is -12.2. The number of nitrogens with two attached hydrogens (primary N) is 2.